The van der Waals surface area contributed by atoms with Crippen molar-refractivity contribution in [2.45, 2.75) is 32.7 Å². The van der Waals surface area contributed by atoms with Crippen LogP contribution < -0.4 is 10.6 Å². The number of aryl methyl sites for hydroxylation is 1. The van der Waals surface area contributed by atoms with Crippen LogP contribution in [0.15, 0.2) is 23.6 Å². The summed E-state index contributed by atoms with van der Waals surface area (Å²) in [6.45, 7) is 5.10. The molecule has 106 valence electrons. The third kappa shape index (κ3) is 3.19. The van der Waals surface area contributed by atoms with Gasteiger partial charge >= 0.3 is 0 Å². The van der Waals surface area contributed by atoms with Crippen LogP contribution in [0, 0.1) is 6.92 Å². The van der Waals surface area contributed by atoms with Crippen LogP contribution in [-0.2, 0) is 19.4 Å². The first-order valence-corrected chi connectivity index (χ1v) is 8.17. The van der Waals surface area contributed by atoms with Gasteiger partial charge in [0.2, 0.25) is 0 Å². The lowest BCUT2D eigenvalue weighted by atomic mass is 9.97. The van der Waals surface area contributed by atoms with E-state index in [1.165, 1.54) is 34.7 Å². The quantitative estimate of drug-likeness (QED) is 0.830. The molecule has 0 amide bonds. The first-order chi connectivity index (χ1) is 9.83. The molecule has 0 radical (unpaired) electrons. The average Bonchev–Trinajstić information content (AvgIpc) is 2.89. The number of anilines is 1. The van der Waals surface area contributed by atoms with E-state index in [-0.39, 0.29) is 0 Å². The van der Waals surface area contributed by atoms with Crippen LogP contribution in [0.3, 0.4) is 0 Å². The van der Waals surface area contributed by atoms with Gasteiger partial charge in [0.15, 0.2) is 0 Å². The van der Waals surface area contributed by atoms with Gasteiger partial charge in [-0.3, -0.25) is 0 Å². The molecule has 0 unspecified atom stereocenters. The van der Waals surface area contributed by atoms with Crippen molar-refractivity contribution in [3.63, 3.8) is 0 Å². The second-order valence-corrected chi connectivity index (χ2v) is 6.23. The van der Waals surface area contributed by atoms with Crippen LogP contribution >= 0.6 is 11.3 Å². The van der Waals surface area contributed by atoms with Gasteiger partial charge < -0.3 is 10.6 Å². The van der Waals surface area contributed by atoms with Gasteiger partial charge in [-0.2, -0.15) is 0 Å². The molecule has 4 heteroatoms. The molecule has 2 aromatic rings. The van der Waals surface area contributed by atoms with Gasteiger partial charge in [0.25, 0.3) is 0 Å². The number of thiazole rings is 1. The zero-order valence-electron chi connectivity index (χ0n) is 11.9. The summed E-state index contributed by atoms with van der Waals surface area (Å²) in [6, 6.07) is 6.58. The highest BCUT2D eigenvalue weighted by atomic mass is 32.1. The summed E-state index contributed by atoms with van der Waals surface area (Å²) in [5, 5.41) is 10.4. The third-order valence-corrected chi connectivity index (χ3v) is 4.72. The van der Waals surface area contributed by atoms with E-state index < -0.39 is 0 Å². The van der Waals surface area contributed by atoms with E-state index in [9.17, 15) is 0 Å². The number of aromatic nitrogens is 1. The highest BCUT2D eigenvalue weighted by Crippen LogP contribution is 2.25. The molecule has 0 atom stereocenters. The number of hydrogen-bond donors (Lipinski definition) is 2. The molecule has 1 aromatic heterocycles. The topological polar surface area (TPSA) is 37.0 Å². The zero-order valence-corrected chi connectivity index (χ0v) is 12.7. The molecule has 0 bridgehead atoms. The SMILES string of the molecule is Cc1csc(CCNCc2cccc3c2CCCN3)n1. The highest BCUT2D eigenvalue weighted by Gasteiger charge is 2.11. The van der Waals surface area contributed by atoms with Crippen LogP contribution in [0.25, 0.3) is 0 Å². The van der Waals surface area contributed by atoms with E-state index >= 15 is 0 Å². The van der Waals surface area contributed by atoms with Crippen molar-refractivity contribution in [3.05, 3.63) is 45.4 Å². The molecule has 1 aromatic carbocycles. The summed E-state index contributed by atoms with van der Waals surface area (Å²) in [5.74, 6) is 0. The van der Waals surface area contributed by atoms with Crippen molar-refractivity contribution >= 4 is 17.0 Å². The molecule has 0 aliphatic carbocycles. The van der Waals surface area contributed by atoms with Crippen molar-refractivity contribution in [2.24, 2.45) is 0 Å². The van der Waals surface area contributed by atoms with Gasteiger partial charge in [-0.25, -0.2) is 4.98 Å². The minimum absolute atomic E-state index is 0.954. The Morgan fingerprint density at radius 1 is 1.40 bits per heavy atom. The fourth-order valence-electron chi connectivity index (χ4n) is 2.69. The molecule has 1 aliphatic rings. The predicted molar refractivity (Wildman–Crippen MR) is 85.5 cm³/mol. The third-order valence-electron chi connectivity index (χ3n) is 3.69. The largest absolute Gasteiger partial charge is 0.385 e. The minimum Gasteiger partial charge on any atom is -0.385 e. The number of fused-ring (bicyclic) bond motifs is 1. The van der Waals surface area contributed by atoms with Crippen LogP contribution in [0.1, 0.15) is 28.2 Å². The Kier molecular flexibility index (Phi) is 4.33. The van der Waals surface area contributed by atoms with Crippen molar-refractivity contribution in [1.29, 1.82) is 0 Å². The smallest absolute Gasteiger partial charge is 0.0940 e. The zero-order chi connectivity index (χ0) is 13.8. The van der Waals surface area contributed by atoms with Crippen molar-refractivity contribution in [3.8, 4) is 0 Å². The Hall–Kier alpha value is -1.39. The van der Waals surface area contributed by atoms with Gasteiger partial charge in [-0.05, 0) is 37.0 Å². The molecule has 3 rings (SSSR count). The number of nitrogens with one attached hydrogen (secondary N) is 2. The maximum atomic E-state index is 4.49. The Morgan fingerprint density at radius 2 is 2.35 bits per heavy atom. The first-order valence-electron chi connectivity index (χ1n) is 7.29. The Balaban J connectivity index is 1.53. The molecule has 0 saturated carbocycles. The van der Waals surface area contributed by atoms with Gasteiger partial charge in [-0.15, -0.1) is 11.3 Å². The lowest BCUT2D eigenvalue weighted by Crippen LogP contribution is -2.20. The standard InChI is InChI=1S/C16H21N3S/c1-12-11-20-16(19-12)7-9-17-10-13-4-2-6-15-14(13)5-3-8-18-15/h2,4,6,11,17-18H,3,5,7-10H2,1H3. The second-order valence-electron chi connectivity index (χ2n) is 5.28. The van der Waals surface area contributed by atoms with Gasteiger partial charge in [-0.1, -0.05) is 12.1 Å². The van der Waals surface area contributed by atoms with Crippen molar-refractivity contribution in [2.75, 3.05) is 18.4 Å². The molecule has 2 heterocycles. The maximum absolute atomic E-state index is 4.49. The van der Waals surface area contributed by atoms with E-state index in [4.69, 9.17) is 0 Å². The van der Waals surface area contributed by atoms with E-state index in [1.807, 2.05) is 0 Å². The Morgan fingerprint density at radius 3 is 3.20 bits per heavy atom. The summed E-state index contributed by atoms with van der Waals surface area (Å²) in [4.78, 5) is 4.49. The first kappa shape index (κ1) is 13.6. The van der Waals surface area contributed by atoms with E-state index in [0.717, 1.165) is 31.7 Å². The lowest BCUT2D eigenvalue weighted by molar-refractivity contribution is 0.676. The van der Waals surface area contributed by atoms with Gasteiger partial charge in [0.1, 0.15) is 0 Å². The molecule has 2 N–H and O–H groups in total. The summed E-state index contributed by atoms with van der Waals surface area (Å²) < 4.78 is 0. The molecule has 20 heavy (non-hydrogen) atoms. The molecule has 0 spiro atoms. The van der Waals surface area contributed by atoms with E-state index in [0.29, 0.717) is 0 Å². The van der Waals surface area contributed by atoms with Gasteiger partial charge in [0.05, 0.1) is 5.01 Å². The fourth-order valence-corrected chi connectivity index (χ4v) is 3.46. The number of rotatable bonds is 5. The van der Waals surface area contributed by atoms with Crippen LogP contribution in [-0.4, -0.2) is 18.1 Å². The lowest BCUT2D eigenvalue weighted by Gasteiger charge is -2.21. The van der Waals surface area contributed by atoms with E-state index in [2.05, 4.69) is 46.1 Å². The van der Waals surface area contributed by atoms with Crippen molar-refractivity contribution in [1.82, 2.24) is 10.3 Å². The molecule has 3 nitrogen and oxygen atoms in total. The van der Waals surface area contributed by atoms with Crippen LogP contribution in [0.2, 0.25) is 0 Å². The normalized spacial score (nSPS) is 13.8. The minimum atomic E-state index is 0.954. The highest BCUT2D eigenvalue weighted by molar-refractivity contribution is 7.09. The molecule has 0 saturated heterocycles. The predicted octanol–water partition coefficient (Wildman–Crippen LogP) is 3.14. The second kappa shape index (κ2) is 6.37. The summed E-state index contributed by atoms with van der Waals surface area (Å²) in [6.07, 6.45) is 3.46. The average molecular weight is 287 g/mol. The van der Waals surface area contributed by atoms with Crippen LogP contribution in [0.4, 0.5) is 5.69 Å². The maximum Gasteiger partial charge on any atom is 0.0940 e. The molecular weight excluding hydrogens is 266 g/mol. The van der Waals surface area contributed by atoms with Crippen molar-refractivity contribution < 1.29 is 0 Å². The monoisotopic (exact) mass is 287 g/mol. The number of nitrogens with zero attached hydrogens (tertiary/aromatic N) is 1. The summed E-state index contributed by atoms with van der Waals surface area (Å²) in [7, 11) is 0. The molecule has 1 aliphatic heterocycles. The molecular formula is C16H21N3S. The Bertz CT molecular complexity index is 577. The number of hydrogen-bond acceptors (Lipinski definition) is 4. The Labute approximate surface area is 124 Å². The van der Waals surface area contributed by atoms with Gasteiger partial charge in [0, 0.05) is 42.8 Å². The fraction of sp³-hybridized carbons (Fsp3) is 0.438. The molecule has 0 fully saturated rings. The van der Waals surface area contributed by atoms with E-state index in [1.54, 1.807) is 11.3 Å². The summed E-state index contributed by atoms with van der Waals surface area (Å²) >= 11 is 1.76. The summed E-state index contributed by atoms with van der Waals surface area (Å²) in [5.41, 5.74) is 5.39. The van der Waals surface area contributed by atoms with Crippen LogP contribution in [0.5, 0.6) is 0 Å². The number of benzene rings is 1.